The molecule has 144 valence electrons. The first-order valence-electron chi connectivity index (χ1n) is 9.27. The standard InChI is InChI=1S/C21H26ClN3O2/c1-14-2-5-17(13-19(14)22)25-10-8-16(9-11-25)24-20(21(23)27)12-15-3-6-18(26)7-4-15/h2-7,13,16,20,24,26H,8-12H2,1H3,(H2,23,27)/t20-/m0/s1. The molecule has 1 saturated heterocycles. The lowest BCUT2D eigenvalue weighted by Gasteiger charge is -2.35. The molecular formula is C21H26ClN3O2. The Morgan fingerprint density at radius 1 is 1.26 bits per heavy atom. The van der Waals surface area contributed by atoms with Crippen LogP contribution in [-0.4, -0.2) is 36.2 Å². The van der Waals surface area contributed by atoms with Crippen LogP contribution in [0.2, 0.25) is 5.02 Å². The zero-order valence-electron chi connectivity index (χ0n) is 15.5. The van der Waals surface area contributed by atoms with Crippen molar-refractivity contribution >= 4 is 23.2 Å². The van der Waals surface area contributed by atoms with Gasteiger partial charge in [0.25, 0.3) is 0 Å². The summed E-state index contributed by atoms with van der Waals surface area (Å²) in [4.78, 5) is 14.2. The number of carbonyl (C=O) groups excluding carboxylic acids is 1. The van der Waals surface area contributed by atoms with Gasteiger partial charge in [-0.05, 0) is 61.6 Å². The van der Waals surface area contributed by atoms with E-state index in [4.69, 9.17) is 17.3 Å². The van der Waals surface area contributed by atoms with E-state index in [9.17, 15) is 9.90 Å². The van der Waals surface area contributed by atoms with E-state index in [-0.39, 0.29) is 17.7 Å². The van der Waals surface area contributed by atoms with Gasteiger partial charge in [-0.1, -0.05) is 29.8 Å². The van der Waals surface area contributed by atoms with Gasteiger partial charge in [-0.15, -0.1) is 0 Å². The lowest BCUT2D eigenvalue weighted by atomic mass is 10.00. The van der Waals surface area contributed by atoms with Gasteiger partial charge < -0.3 is 21.1 Å². The van der Waals surface area contributed by atoms with E-state index in [0.717, 1.165) is 47.8 Å². The highest BCUT2D eigenvalue weighted by molar-refractivity contribution is 6.31. The van der Waals surface area contributed by atoms with E-state index in [1.165, 1.54) is 0 Å². The van der Waals surface area contributed by atoms with Crippen molar-refractivity contribution in [3.63, 3.8) is 0 Å². The zero-order chi connectivity index (χ0) is 19.4. The molecule has 6 heteroatoms. The monoisotopic (exact) mass is 387 g/mol. The predicted octanol–water partition coefficient (Wildman–Crippen LogP) is 3.01. The van der Waals surface area contributed by atoms with Crippen molar-refractivity contribution in [2.24, 2.45) is 5.73 Å². The molecule has 0 spiro atoms. The molecule has 1 atom stereocenters. The molecule has 5 nitrogen and oxygen atoms in total. The van der Waals surface area contributed by atoms with Gasteiger partial charge >= 0.3 is 0 Å². The number of aromatic hydroxyl groups is 1. The van der Waals surface area contributed by atoms with Gasteiger partial charge in [0.1, 0.15) is 5.75 Å². The number of piperidine rings is 1. The number of hydrogen-bond donors (Lipinski definition) is 3. The van der Waals surface area contributed by atoms with Crippen LogP contribution in [0.3, 0.4) is 0 Å². The fraction of sp³-hybridized carbons (Fsp3) is 0.381. The maximum Gasteiger partial charge on any atom is 0.234 e. The third kappa shape index (κ3) is 5.15. The van der Waals surface area contributed by atoms with E-state index < -0.39 is 6.04 Å². The number of rotatable bonds is 6. The minimum Gasteiger partial charge on any atom is -0.508 e. The molecule has 1 aliphatic rings. The Kier molecular flexibility index (Phi) is 6.24. The summed E-state index contributed by atoms with van der Waals surface area (Å²) in [5, 5.41) is 13.6. The number of nitrogens with one attached hydrogen (secondary N) is 1. The molecule has 0 bridgehead atoms. The molecule has 27 heavy (non-hydrogen) atoms. The fourth-order valence-electron chi connectivity index (χ4n) is 3.48. The Labute approximate surface area is 165 Å². The molecule has 0 aliphatic carbocycles. The van der Waals surface area contributed by atoms with Crippen molar-refractivity contribution in [3.05, 3.63) is 58.6 Å². The van der Waals surface area contributed by atoms with Crippen molar-refractivity contribution < 1.29 is 9.90 Å². The largest absolute Gasteiger partial charge is 0.508 e. The number of halogens is 1. The van der Waals surface area contributed by atoms with Crippen LogP contribution < -0.4 is 16.0 Å². The van der Waals surface area contributed by atoms with Gasteiger partial charge in [-0.25, -0.2) is 0 Å². The summed E-state index contributed by atoms with van der Waals surface area (Å²) in [5.74, 6) is -0.137. The summed E-state index contributed by atoms with van der Waals surface area (Å²) >= 11 is 6.25. The zero-order valence-corrected chi connectivity index (χ0v) is 16.2. The number of carbonyl (C=O) groups is 1. The Balaban J connectivity index is 1.56. The maximum absolute atomic E-state index is 11.9. The third-order valence-electron chi connectivity index (χ3n) is 5.17. The molecule has 0 radical (unpaired) electrons. The minimum absolute atomic E-state index is 0.214. The first kappa shape index (κ1) is 19.5. The molecule has 2 aromatic rings. The molecule has 2 aromatic carbocycles. The Morgan fingerprint density at radius 2 is 1.93 bits per heavy atom. The second-order valence-corrected chi connectivity index (χ2v) is 7.59. The van der Waals surface area contributed by atoms with Crippen molar-refractivity contribution in [2.45, 2.75) is 38.3 Å². The number of nitrogens with two attached hydrogens (primary N) is 1. The Bertz CT molecular complexity index is 787. The van der Waals surface area contributed by atoms with E-state index in [1.807, 2.05) is 31.2 Å². The second kappa shape index (κ2) is 8.63. The topological polar surface area (TPSA) is 78.6 Å². The van der Waals surface area contributed by atoms with E-state index >= 15 is 0 Å². The second-order valence-electron chi connectivity index (χ2n) is 7.19. The SMILES string of the molecule is Cc1ccc(N2CCC(N[C@@H](Cc3ccc(O)cc3)C(N)=O)CC2)cc1Cl. The van der Waals surface area contributed by atoms with Crippen LogP contribution >= 0.6 is 11.6 Å². The summed E-state index contributed by atoms with van der Waals surface area (Å²) in [7, 11) is 0. The fourth-order valence-corrected chi connectivity index (χ4v) is 3.65. The number of hydrogen-bond acceptors (Lipinski definition) is 4. The van der Waals surface area contributed by atoms with Crippen LogP contribution in [0, 0.1) is 6.92 Å². The highest BCUT2D eigenvalue weighted by Gasteiger charge is 2.24. The molecule has 4 N–H and O–H groups in total. The summed E-state index contributed by atoms with van der Waals surface area (Å²) in [6, 6.07) is 12.9. The third-order valence-corrected chi connectivity index (χ3v) is 5.58. The number of benzene rings is 2. The van der Waals surface area contributed by atoms with Crippen LogP contribution in [0.4, 0.5) is 5.69 Å². The summed E-state index contributed by atoms with van der Waals surface area (Å²) in [5.41, 5.74) is 8.79. The lowest BCUT2D eigenvalue weighted by molar-refractivity contribution is -0.120. The van der Waals surface area contributed by atoms with Crippen LogP contribution in [-0.2, 0) is 11.2 Å². The average molecular weight is 388 g/mol. The molecule has 1 heterocycles. The summed E-state index contributed by atoms with van der Waals surface area (Å²) in [6.45, 7) is 3.81. The van der Waals surface area contributed by atoms with Crippen LogP contribution in [0.1, 0.15) is 24.0 Å². The highest BCUT2D eigenvalue weighted by Crippen LogP contribution is 2.26. The quantitative estimate of drug-likeness (QED) is 0.712. The number of nitrogens with zero attached hydrogens (tertiary/aromatic N) is 1. The average Bonchev–Trinajstić information content (AvgIpc) is 2.66. The van der Waals surface area contributed by atoms with Gasteiger partial charge in [0.05, 0.1) is 6.04 Å². The smallest absolute Gasteiger partial charge is 0.234 e. The summed E-state index contributed by atoms with van der Waals surface area (Å²) in [6.07, 6.45) is 2.39. The molecule has 1 fully saturated rings. The number of phenols is 1. The molecule has 1 aliphatic heterocycles. The van der Waals surface area contributed by atoms with Crippen LogP contribution in [0.5, 0.6) is 5.75 Å². The molecule has 0 aromatic heterocycles. The van der Waals surface area contributed by atoms with Gasteiger partial charge in [0, 0.05) is 29.8 Å². The van der Waals surface area contributed by atoms with Gasteiger partial charge in [-0.3, -0.25) is 4.79 Å². The van der Waals surface area contributed by atoms with E-state index in [1.54, 1.807) is 12.1 Å². The minimum atomic E-state index is -0.417. The number of anilines is 1. The highest BCUT2D eigenvalue weighted by atomic mass is 35.5. The predicted molar refractivity (Wildman–Crippen MR) is 109 cm³/mol. The van der Waals surface area contributed by atoms with Crippen molar-refractivity contribution in [1.29, 1.82) is 0 Å². The van der Waals surface area contributed by atoms with E-state index in [0.29, 0.717) is 6.42 Å². The summed E-state index contributed by atoms with van der Waals surface area (Å²) < 4.78 is 0. The Hall–Kier alpha value is -2.24. The van der Waals surface area contributed by atoms with E-state index in [2.05, 4.69) is 16.3 Å². The van der Waals surface area contributed by atoms with Crippen molar-refractivity contribution in [2.75, 3.05) is 18.0 Å². The van der Waals surface area contributed by atoms with Gasteiger partial charge in [0.15, 0.2) is 0 Å². The number of primary amides is 1. The van der Waals surface area contributed by atoms with Crippen LogP contribution in [0.15, 0.2) is 42.5 Å². The molecular weight excluding hydrogens is 362 g/mol. The maximum atomic E-state index is 11.9. The normalized spacial score (nSPS) is 16.3. The molecule has 0 unspecified atom stereocenters. The van der Waals surface area contributed by atoms with Crippen LogP contribution in [0.25, 0.3) is 0 Å². The molecule has 0 saturated carbocycles. The van der Waals surface area contributed by atoms with Crippen molar-refractivity contribution in [1.82, 2.24) is 5.32 Å². The first-order valence-corrected chi connectivity index (χ1v) is 9.64. The molecule has 1 amide bonds. The Morgan fingerprint density at radius 3 is 2.52 bits per heavy atom. The lowest BCUT2D eigenvalue weighted by Crippen LogP contribution is -2.51. The first-order chi connectivity index (χ1) is 12.9. The number of phenolic OH excluding ortho intramolecular Hbond substituents is 1. The number of amides is 1. The molecule has 3 rings (SSSR count). The number of aryl methyl sites for hydroxylation is 1. The van der Waals surface area contributed by atoms with Gasteiger partial charge in [-0.2, -0.15) is 0 Å². The van der Waals surface area contributed by atoms with Gasteiger partial charge in [0.2, 0.25) is 5.91 Å². The van der Waals surface area contributed by atoms with Crippen molar-refractivity contribution in [3.8, 4) is 5.75 Å².